The van der Waals surface area contributed by atoms with Gasteiger partial charge >= 0.3 is 0 Å². The molecule has 0 unspecified atom stereocenters. The lowest BCUT2D eigenvalue weighted by molar-refractivity contribution is 0.432. The van der Waals surface area contributed by atoms with E-state index in [0.29, 0.717) is 16.6 Å². The Labute approximate surface area is 206 Å². The van der Waals surface area contributed by atoms with Crippen LogP contribution in [0.4, 0.5) is 13.2 Å². The molecule has 10 heteroatoms. The van der Waals surface area contributed by atoms with Gasteiger partial charge in [-0.1, -0.05) is 35.9 Å². The van der Waals surface area contributed by atoms with Crippen molar-refractivity contribution in [2.45, 2.75) is 45.3 Å². The number of para-hydroxylation sites is 1. The average molecular weight is 516 g/mol. The first-order valence-corrected chi connectivity index (χ1v) is 12.6. The third kappa shape index (κ3) is 4.66. The second-order valence-corrected chi connectivity index (χ2v) is 10.1. The molecule has 0 atom stereocenters. The molecule has 0 radical (unpaired) electrons. The van der Waals surface area contributed by atoms with E-state index < -0.39 is 47.1 Å². The van der Waals surface area contributed by atoms with E-state index in [2.05, 4.69) is 9.71 Å². The number of sulfonamides is 1. The number of nitrogens with one attached hydrogen (secondary N) is 1. The molecular formula is C26H24F3N3O3S. The summed E-state index contributed by atoms with van der Waals surface area (Å²) in [6.45, 7) is -0.211. The van der Waals surface area contributed by atoms with Crippen LogP contribution in [0.1, 0.15) is 33.6 Å². The molecule has 0 bridgehead atoms. The van der Waals surface area contributed by atoms with Crippen molar-refractivity contribution >= 4 is 20.9 Å². The van der Waals surface area contributed by atoms with E-state index in [4.69, 9.17) is 0 Å². The summed E-state index contributed by atoms with van der Waals surface area (Å²) in [4.78, 5) is 17.5. The number of hydrogen-bond acceptors (Lipinski definition) is 4. The Morgan fingerprint density at radius 1 is 0.917 bits per heavy atom. The van der Waals surface area contributed by atoms with Gasteiger partial charge in [-0.25, -0.2) is 31.3 Å². The third-order valence-corrected chi connectivity index (χ3v) is 7.53. The molecule has 0 fully saturated rings. The first-order valence-electron chi connectivity index (χ1n) is 11.1. The van der Waals surface area contributed by atoms with Crippen LogP contribution in [0.2, 0.25) is 0 Å². The quantitative estimate of drug-likeness (QED) is 0.362. The minimum Gasteiger partial charge on any atom is -0.268 e. The summed E-state index contributed by atoms with van der Waals surface area (Å²) in [7, 11) is -4.38. The Balaban J connectivity index is 1.83. The smallest absolute Gasteiger partial charge is 0.266 e. The van der Waals surface area contributed by atoms with Gasteiger partial charge in [0.2, 0.25) is 10.0 Å². The molecule has 4 aromatic rings. The van der Waals surface area contributed by atoms with E-state index in [-0.39, 0.29) is 22.5 Å². The van der Waals surface area contributed by atoms with Gasteiger partial charge < -0.3 is 0 Å². The topological polar surface area (TPSA) is 81.1 Å². The Morgan fingerprint density at radius 3 is 2.31 bits per heavy atom. The predicted molar refractivity (Wildman–Crippen MR) is 132 cm³/mol. The fourth-order valence-corrected chi connectivity index (χ4v) is 5.47. The zero-order chi connectivity index (χ0) is 26.0. The lowest BCUT2D eigenvalue weighted by atomic mass is 10.0. The van der Waals surface area contributed by atoms with Crippen LogP contribution in [0.25, 0.3) is 16.6 Å². The summed E-state index contributed by atoms with van der Waals surface area (Å²) in [6, 6.07) is 14.4. The molecule has 0 saturated heterocycles. The van der Waals surface area contributed by atoms with Gasteiger partial charge in [0, 0.05) is 5.56 Å². The Kier molecular flexibility index (Phi) is 7.28. The summed E-state index contributed by atoms with van der Waals surface area (Å²) in [5.74, 6) is 0.113. The highest BCUT2D eigenvalue weighted by atomic mass is 32.2. The summed E-state index contributed by atoms with van der Waals surface area (Å²) in [5.41, 5.74) is 1.45. The molecule has 4 rings (SSSR count). The van der Waals surface area contributed by atoms with Crippen LogP contribution in [-0.4, -0.2) is 18.0 Å². The lowest BCUT2D eigenvalue weighted by Gasteiger charge is -2.18. The normalized spacial score (nSPS) is 11.8. The van der Waals surface area contributed by atoms with Crippen LogP contribution in [0, 0.1) is 13.8 Å². The van der Waals surface area contributed by atoms with Crippen LogP contribution in [-0.2, 0) is 36.6 Å². The molecule has 0 aliphatic rings. The van der Waals surface area contributed by atoms with Gasteiger partial charge in [0.15, 0.2) is 0 Å². The SMILES string of the molecule is Cc1ccc(-n2c(CNS(=O)(=O)c3ccc(CF)c(CF)c3CF)nc3ccccc3c2=O)c(C)c1. The number of aromatic nitrogens is 2. The van der Waals surface area contributed by atoms with Crippen molar-refractivity contribution in [2.24, 2.45) is 0 Å². The van der Waals surface area contributed by atoms with Crippen molar-refractivity contribution in [3.8, 4) is 5.69 Å². The fourth-order valence-electron chi connectivity index (χ4n) is 4.25. The zero-order valence-electron chi connectivity index (χ0n) is 19.7. The third-order valence-electron chi connectivity index (χ3n) is 6.04. The van der Waals surface area contributed by atoms with Crippen molar-refractivity contribution in [3.63, 3.8) is 0 Å². The molecule has 0 aliphatic carbocycles. The highest BCUT2D eigenvalue weighted by molar-refractivity contribution is 7.89. The summed E-state index contributed by atoms with van der Waals surface area (Å²) in [6.07, 6.45) is 0. The summed E-state index contributed by atoms with van der Waals surface area (Å²) >= 11 is 0. The largest absolute Gasteiger partial charge is 0.268 e. The Hall–Kier alpha value is -3.50. The van der Waals surface area contributed by atoms with Crippen LogP contribution in [0.3, 0.4) is 0 Å². The number of nitrogens with zero attached hydrogens (tertiary/aromatic N) is 2. The van der Waals surface area contributed by atoms with E-state index in [9.17, 15) is 26.4 Å². The molecule has 6 nitrogen and oxygen atoms in total. The monoisotopic (exact) mass is 515 g/mol. The van der Waals surface area contributed by atoms with Crippen molar-refractivity contribution < 1.29 is 21.6 Å². The van der Waals surface area contributed by atoms with E-state index >= 15 is 0 Å². The fraction of sp³-hybridized carbons (Fsp3) is 0.231. The second kappa shape index (κ2) is 10.2. The molecule has 1 aromatic heterocycles. The molecular weight excluding hydrogens is 491 g/mol. The second-order valence-electron chi connectivity index (χ2n) is 8.38. The number of benzene rings is 3. The van der Waals surface area contributed by atoms with Crippen LogP contribution >= 0.6 is 0 Å². The first kappa shape index (κ1) is 25.6. The average Bonchev–Trinajstić information content (AvgIpc) is 2.87. The highest BCUT2D eigenvalue weighted by Crippen LogP contribution is 2.27. The lowest BCUT2D eigenvalue weighted by Crippen LogP contribution is -2.31. The molecule has 36 heavy (non-hydrogen) atoms. The Morgan fingerprint density at radius 2 is 1.64 bits per heavy atom. The van der Waals surface area contributed by atoms with E-state index in [0.717, 1.165) is 23.3 Å². The Bertz CT molecular complexity index is 1620. The first-order chi connectivity index (χ1) is 17.2. The number of fused-ring (bicyclic) bond motifs is 1. The predicted octanol–water partition coefficient (Wildman–Crippen LogP) is 4.89. The van der Waals surface area contributed by atoms with Crippen molar-refractivity contribution in [2.75, 3.05) is 0 Å². The maximum atomic E-state index is 13.8. The van der Waals surface area contributed by atoms with Gasteiger partial charge in [0.05, 0.1) is 28.0 Å². The number of alkyl halides is 3. The molecule has 0 saturated carbocycles. The van der Waals surface area contributed by atoms with Crippen molar-refractivity contribution in [1.82, 2.24) is 14.3 Å². The van der Waals surface area contributed by atoms with Crippen LogP contribution < -0.4 is 10.3 Å². The molecule has 0 spiro atoms. The van der Waals surface area contributed by atoms with E-state index in [1.54, 1.807) is 30.3 Å². The minimum atomic E-state index is -4.38. The van der Waals surface area contributed by atoms with Gasteiger partial charge in [0.25, 0.3) is 5.56 Å². The van der Waals surface area contributed by atoms with E-state index in [1.165, 1.54) is 4.57 Å². The summed E-state index contributed by atoms with van der Waals surface area (Å²) in [5, 5.41) is 0.359. The molecule has 188 valence electrons. The highest BCUT2D eigenvalue weighted by Gasteiger charge is 2.24. The maximum absolute atomic E-state index is 13.8. The molecule has 0 amide bonds. The van der Waals surface area contributed by atoms with Crippen LogP contribution in [0.5, 0.6) is 0 Å². The number of rotatable bonds is 8. The maximum Gasteiger partial charge on any atom is 0.266 e. The molecule has 1 heterocycles. The summed E-state index contributed by atoms with van der Waals surface area (Å²) < 4.78 is 70.6. The number of hydrogen-bond donors (Lipinski definition) is 1. The van der Waals surface area contributed by atoms with Crippen molar-refractivity contribution in [1.29, 1.82) is 0 Å². The van der Waals surface area contributed by atoms with Gasteiger partial charge in [0.1, 0.15) is 25.8 Å². The number of aryl methyl sites for hydroxylation is 2. The zero-order valence-corrected chi connectivity index (χ0v) is 20.5. The van der Waals surface area contributed by atoms with Crippen LogP contribution in [0.15, 0.2) is 64.3 Å². The van der Waals surface area contributed by atoms with Crippen molar-refractivity contribution in [3.05, 3.63) is 98.6 Å². The van der Waals surface area contributed by atoms with E-state index in [1.807, 2.05) is 26.0 Å². The molecule has 1 N–H and O–H groups in total. The standard InChI is InChI=1S/C26H24F3N3O3S/c1-16-7-9-23(17(2)11-16)32-25(31-22-6-4-3-5-19(22)26(32)33)15-30-36(34,35)24-10-8-18(12-27)20(13-28)21(24)14-29/h3-11,30H,12-15H2,1-2H3. The van der Waals surface area contributed by atoms with Gasteiger partial charge in [-0.15, -0.1) is 0 Å². The molecule has 0 aliphatic heterocycles. The number of halogens is 3. The van der Waals surface area contributed by atoms with Gasteiger partial charge in [-0.05, 0) is 54.8 Å². The van der Waals surface area contributed by atoms with Gasteiger partial charge in [-0.2, -0.15) is 0 Å². The van der Waals surface area contributed by atoms with Gasteiger partial charge in [-0.3, -0.25) is 9.36 Å². The minimum absolute atomic E-state index is 0.107. The molecule has 3 aromatic carbocycles.